The van der Waals surface area contributed by atoms with Crippen LogP contribution in [0, 0.1) is 0 Å². The monoisotopic (exact) mass is 337 g/mol. The van der Waals surface area contributed by atoms with Crippen LogP contribution in [0.25, 0.3) is 0 Å². The summed E-state index contributed by atoms with van der Waals surface area (Å²) >= 11 is 0. The number of nitrogens with one attached hydrogen (secondary N) is 1. The molecule has 0 aromatic heterocycles. The van der Waals surface area contributed by atoms with Crippen molar-refractivity contribution in [1.82, 2.24) is 5.32 Å². The molecule has 0 aromatic carbocycles. The van der Waals surface area contributed by atoms with Crippen molar-refractivity contribution in [3.63, 3.8) is 0 Å². The van der Waals surface area contributed by atoms with Crippen molar-refractivity contribution in [2.75, 3.05) is 13.7 Å². The zero-order chi connectivity index (χ0) is 16.5. The maximum absolute atomic E-state index is 11.5. The minimum atomic E-state index is -0.282. The van der Waals surface area contributed by atoms with Gasteiger partial charge < -0.3 is 11.5 Å². The molecule has 0 heterocycles. The van der Waals surface area contributed by atoms with E-state index in [1.54, 1.807) is 0 Å². The summed E-state index contributed by atoms with van der Waals surface area (Å²) in [6.07, 6.45) is 14.9. The van der Waals surface area contributed by atoms with E-state index in [0.717, 1.165) is 12.8 Å². The Labute approximate surface area is 166 Å². The smallest absolute Gasteiger partial charge is 1.00 e. The number of hydrogen-bond acceptors (Lipinski definition) is 3. The van der Waals surface area contributed by atoms with E-state index >= 15 is 0 Å². The largest absolute Gasteiger partial charge is 1.00 e. The molecule has 23 heavy (non-hydrogen) atoms. The SMILES string of the molecule is CCCCCCCCCCCCCC(=O)NCCC(=O)OC.[H-].[Na+]. The Balaban J connectivity index is -0.00000220. The molecule has 0 unspecified atom stereocenters. The fourth-order valence-corrected chi connectivity index (χ4v) is 2.44. The molecule has 4 nitrogen and oxygen atoms in total. The molecular weight excluding hydrogens is 301 g/mol. The average molecular weight is 337 g/mol. The Morgan fingerprint density at radius 1 is 0.826 bits per heavy atom. The van der Waals surface area contributed by atoms with Gasteiger partial charge in [-0.05, 0) is 6.42 Å². The van der Waals surface area contributed by atoms with Crippen molar-refractivity contribution in [2.45, 2.75) is 90.4 Å². The minimum Gasteiger partial charge on any atom is -1.00 e. The second kappa shape index (κ2) is 20.0. The van der Waals surface area contributed by atoms with Crippen molar-refractivity contribution in [1.29, 1.82) is 0 Å². The van der Waals surface area contributed by atoms with Gasteiger partial charge in [0.15, 0.2) is 0 Å². The molecule has 0 aliphatic rings. The zero-order valence-corrected chi connectivity index (χ0v) is 17.6. The standard InChI is InChI=1S/C18H35NO3.Na.H/c1-3-4-5-6-7-8-9-10-11-12-13-14-17(20)19-16-15-18(21)22-2;;/h3-16H2,1-2H3,(H,19,20);;/q;+1;-1. The third-order valence-electron chi connectivity index (χ3n) is 3.89. The summed E-state index contributed by atoms with van der Waals surface area (Å²) in [5, 5.41) is 2.74. The topological polar surface area (TPSA) is 55.4 Å². The van der Waals surface area contributed by atoms with Crippen LogP contribution < -0.4 is 34.9 Å². The van der Waals surface area contributed by atoms with Crippen LogP contribution in [0.15, 0.2) is 0 Å². The summed E-state index contributed by atoms with van der Waals surface area (Å²) in [7, 11) is 1.36. The number of amides is 1. The quantitative estimate of drug-likeness (QED) is 0.280. The van der Waals surface area contributed by atoms with Gasteiger partial charge in [-0.15, -0.1) is 0 Å². The number of ether oxygens (including phenoxy) is 1. The summed E-state index contributed by atoms with van der Waals surface area (Å²) in [6.45, 7) is 2.63. The van der Waals surface area contributed by atoms with Gasteiger partial charge in [0.2, 0.25) is 5.91 Å². The van der Waals surface area contributed by atoms with Crippen molar-refractivity contribution >= 4 is 11.9 Å². The second-order valence-corrected chi connectivity index (χ2v) is 5.96. The molecule has 0 rings (SSSR count). The third kappa shape index (κ3) is 19.9. The van der Waals surface area contributed by atoms with Crippen molar-refractivity contribution in [3.8, 4) is 0 Å². The molecule has 0 aliphatic carbocycles. The van der Waals surface area contributed by atoms with Gasteiger partial charge in [0, 0.05) is 13.0 Å². The van der Waals surface area contributed by atoms with Crippen LogP contribution in [0.4, 0.5) is 0 Å². The van der Waals surface area contributed by atoms with E-state index < -0.39 is 0 Å². The van der Waals surface area contributed by atoms with Gasteiger partial charge >= 0.3 is 35.5 Å². The molecule has 0 saturated carbocycles. The van der Waals surface area contributed by atoms with Crippen LogP contribution in [-0.4, -0.2) is 25.5 Å². The zero-order valence-electron chi connectivity index (χ0n) is 16.6. The van der Waals surface area contributed by atoms with Crippen molar-refractivity contribution < 1.29 is 45.3 Å². The number of esters is 1. The van der Waals surface area contributed by atoms with E-state index in [2.05, 4.69) is 17.0 Å². The van der Waals surface area contributed by atoms with Crippen LogP contribution in [0.5, 0.6) is 0 Å². The van der Waals surface area contributed by atoms with Crippen LogP contribution in [0.1, 0.15) is 91.8 Å². The van der Waals surface area contributed by atoms with Crippen molar-refractivity contribution in [2.24, 2.45) is 0 Å². The third-order valence-corrected chi connectivity index (χ3v) is 3.89. The number of carbonyl (C=O) groups excluding carboxylic acids is 2. The number of methoxy groups -OCH3 is 1. The van der Waals surface area contributed by atoms with Crippen LogP contribution in [-0.2, 0) is 14.3 Å². The predicted molar refractivity (Wildman–Crippen MR) is 91.8 cm³/mol. The number of hydrogen-bond donors (Lipinski definition) is 1. The molecule has 5 heteroatoms. The maximum Gasteiger partial charge on any atom is 1.00 e. The van der Waals surface area contributed by atoms with Gasteiger partial charge in [-0.1, -0.05) is 71.1 Å². The van der Waals surface area contributed by atoms with E-state index in [1.165, 1.54) is 64.9 Å². The Hall–Kier alpha value is -0.0600. The van der Waals surface area contributed by atoms with Crippen molar-refractivity contribution in [3.05, 3.63) is 0 Å². The summed E-state index contributed by atoms with van der Waals surface area (Å²) in [4.78, 5) is 22.4. The van der Waals surface area contributed by atoms with Crippen LogP contribution >= 0.6 is 0 Å². The summed E-state index contributed by atoms with van der Waals surface area (Å²) in [5.41, 5.74) is 0. The fraction of sp³-hybridized carbons (Fsp3) is 0.889. The van der Waals surface area contributed by atoms with Gasteiger partial charge in [0.05, 0.1) is 13.5 Å². The molecule has 0 aromatic rings. The molecule has 0 aliphatic heterocycles. The van der Waals surface area contributed by atoms with E-state index in [0.29, 0.717) is 13.0 Å². The van der Waals surface area contributed by atoms with Crippen LogP contribution in [0.2, 0.25) is 0 Å². The van der Waals surface area contributed by atoms with Gasteiger partial charge in [-0.2, -0.15) is 0 Å². The number of carbonyl (C=O) groups is 2. The average Bonchev–Trinajstić information content (AvgIpc) is 2.52. The van der Waals surface area contributed by atoms with Crippen LogP contribution in [0.3, 0.4) is 0 Å². The predicted octanol–water partition coefficient (Wildman–Crippen LogP) is 1.48. The molecular formula is C18H36NNaO3. The van der Waals surface area contributed by atoms with Gasteiger partial charge in [0.1, 0.15) is 0 Å². The van der Waals surface area contributed by atoms with Gasteiger partial charge in [-0.25, -0.2) is 0 Å². The van der Waals surface area contributed by atoms with E-state index in [-0.39, 0.29) is 49.3 Å². The first-order valence-electron chi connectivity index (χ1n) is 9.04. The molecule has 1 N–H and O–H groups in total. The van der Waals surface area contributed by atoms with Gasteiger partial charge in [0.25, 0.3) is 0 Å². The molecule has 0 atom stereocenters. The Kier molecular flexibility index (Phi) is 21.9. The Bertz CT molecular complexity index is 291. The molecule has 1 amide bonds. The van der Waals surface area contributed by atoms with E-state index in [9.17, 15) is 9.59 Å². The molecule has 0 spiro atoms. The summed E-state index contributed by atoms with van der Waals surface area (Å²) < 4.78 is 4.51. The van der Waals surface area contributed by atoms with Gasteiger partial charge in [-0.3, -0.25) is 9.59 Å². The summed E-state index contributed by atoms with van der Waals surface area (Å²) in [6, 6.07) is 0. The molecule has 0 radical (unpaired) electrons. The normalized spacial score (nSPS) is 10.0. The van der Waals surface area contributed by atoms with E-state index in [1.807, 2.05) is 0 Å². The first kappa shape index (κ1) is 25.2. The molecule has 0 saturated heterocycles. The van der Waals surface area contributed by atoms with E-state index in [4.69, 9.17) is 0 Å². The fourth-order valence-electron chi connectivity index (χ4n) is 2.44. The minimum absolute atomic E-state index is 0. The molecule has 0 bridgehead atoms. The maximum atomic E-state index is 11.5. The first-order valence-corrected chi connectivity index (χ1v) is 9.04. The number of unbranched alkanes of at least 4 members (excludes halogenated alkanes) is 10. The Morgan fingerprint density at radius 3 is 1.78 bits per heavy atom. The number of rotatable bonds is 15. The Morgan fingerprint density at radius 2 is 1.30 bits per heavy atom. The molecule has 0 fully saturated rings. The first-order chi connectivity index (χ1) is 10.7. The molecule has 132 valence electrons. The second-order valence-electron chi connectivity index (χ2n) is 5.96. The summed E-state index contributed by atoms with van der Waals surface area (Å²) in [5.74, 6) is -0.241.